The molecule has 1 fully saturated rings. The lowest BCUT2D eigenvalue weighted by atomic mass is 10.1. The number of piperazine rings is 1. The summed E-state index contributed by atoms with van der Waals surface area (Å²) in [5.41, 5.74) is 0.462. The summed E-state index contributed by atoms with van der Waals surface area (Å²) in [7, 11) is 1.54. The second kappa shape index (κ2) is 8.59. The molecule has 26 heavy (non-hydrogen) atoms. The second-order valence-corrected chi connectivity index (χ2v) is 8.44. The average molecular weight is 386 g/mol. The van der Waals surface area contributed by atoms with Crippen molar-refractivity contribution >= 4 is 15.7 Å². The van der Waals surface area contributed by atoms with Gasteiger partial charge in [0.1, 0.15) is 9.84 Å². The molecule has 1 aromatic carbocycles. The summed E-state index contributed by atoms with van der Waals surface area (Å²) in [6.07, 6.45) is 1.23. The molecule has 1 aliphatic rings. The van der Waals surface area contributed by atoms with Gasteiger partial charge >= 0.3 is 0 Å². The highest BCUT2D eigenvalue weighted by atomic mass is 32.2. The highest BCUT2D eigenvalue weighted by Crippen LogP contribution is 2.38. The van der Waals surface area contributed by atoms with Crippen LogP contribution in [0.5, 0.6) is 17.2 Å². The van der Waals surface area contributed by atoms with Crippen molar-refractivity contribution in [3.63, 3.8) is 0 Å². The number of carbonyl (C=O) groups is 1. The number of amides is 1. The van der Waals surface area contributed by atoms with E-state index in [1.54, 1.807) is 17.0 Å². The van der Waals surface area contributed by atoms with Crippen molar-refractivity contribution < 1.29 is 27.4 Å². The number of rotatable bonds is 7. The predicted molar refractivity (Wildman–Crippen MR) is 98.2 cm³/mol. The van der Waals surface area contributed by atoms with Gasteiger partial charge in [-0.3, -0.25) is 9.69 Å². The molecule has 0 N–H and O–H groups in total. The Morgan fingerprint density at radius 2 is 1.54 bits per heavy atom. The normalized spacial score (nSPS) is 15.6. The van der Waals surface area contributed by atoms with Crippen LogP contribution in [0.1, 0.15) is 10.4 Å². The zero-order valence-electron chi connectivity index (χ0n) is 15.6. The van der Waals surface area contributed by atoms with Crippen LogP contribution in [0.4, 0.5) is 0 Å². The van der Waals surface area contributed by atoms with E-state index in [4.69, 9.17) is 14.2 Å². The highest BCUT2D eigenvalue weighted by molar-refractivity contribution is 7.90. The summed E-state index contributed by atoms with van der Waals surface area (Å²) < 4.78 is 38.4. The summed E-state index contributed by atoms with van der Waals surface area (Å²) in [4.78, 5) is 16.6. The van der Waals surface area contributed by atoms with Crippen LogP contribution >= 0.6 is 0 Å². The first-order valence-corrected chi connectivity index (χ1v) is 10.3. The zero-order chi connectivity index (χ0) is 19.3. The molecule has 1 saturated heterocycles. The van der Waals surface area contributed by atoms with Gasteiger partial charge in [-0.15, -0.1) is 0 Å². The van der Waals surface area contributed by atoms with Gasteiger partial charge < -0.3 is 19.1 Å². The van der Waals surface area contributed by atoms with E-state index in [0.717, 1.165) is 0 Å². The first-order valence-electron chi connectivity index (χ1n) is 8.28. The van der Waals surface area contributed by atoms with E-state index < -0.39 is 9.84 Å². The van der Waals surface area contributed by atoms with E-state index in [9.17, 15) is 13.2 Å². The van der Waals surface area contributed by atoms with E-state index in [-0.39, 0.29) is 11.7 Å². The maximum Gasteiger partial charge on any atom is 0.254 e. The summed E-state index contributed by atoms with van der Waals surface area (Å²) >= 11 is 0. The predicted octanol–water partition coefficient (Wildman–Crippen LogP) is 0.515. The van der Waals surface area contributed by atoms with Crippen molar-refractivity contribution in [3.8, 4) is 17.2 Å². The monoisotopic (exact) mass is 386 g/mol. The molecular weight excluding hydrogens is 360 g/mol. The number of sulfone groups is 1. The summed E-state index contributed by atoms with van der Waals surface area (Å²) in [5, 5.41) is 0. The maximum atomic E-state index is 12.8. The Labute approximate surface area is 154 Å². The van der Waals surface area contributed by atoms with Gasteiger partial charge in [0.25, 0.3) is 5.91 Å². The number of hydrogen-bond acceptors (Lipinski definition) is 7. The fourth-order valence-electron chi connectivity index (χ4n) is 2.86. The lowest BCUT2D eigenvalue weighted by Crippen LogP contribution is -2.49. The lowest BCUT2D eigenvalue weighted by Gasteiger charge is -2.34. The molecule has 1 aliphatic heterocycles. The molecule has 146 valence electrons. The summed E-state index contributed by atoms with van der Waals surface area (Å²) in [5.74, 6) is 1.32. The summed E-state index contributed by atoms with van der Waals surface area (Å²) in [6, 6.07) is 3.28. The number of methoxy groups -OCH3 is 3. The highest BCUT2D eigenvalue weighted by Gasteiger charge is 2.25. The molecule has 1 heterocycles. The van der Waals surface area contributed by atoms with Gasteiger partial charge in [0, 0.05) is 44.5 Å². The minimum Gasteiger partial charge on any atom is -0.493 e. The Hall–Kier alpha value is -2.00. The molecule has 0 saturated carbocycles. The number of benzene rings is 1. The van der Waals surface area contributed by atoms with E-state index in [0.29, 0.717) is 55.5 Å². The van der Waals surface area contributed by atoms with Crippen molar-refractivity contribution in [1.29, 1.82) is 0 Å². The van der Waals surface area contributed by atoms with Crippen molar-refractivity contribution in [2.45, 2.75) is 0 Å². The van der Waals surface area contributed by atoms with E-state index in [2.05, 4.69) is 4.90 Å². The minimum atomic E-state index is -2.98. The molecule has 0 unspecified atom stereocenters. The molecular formula is C17H26N2O6S. The van der Waals surface area contributed by atoms with Crippen LogP contribution in [-0.4, -0.2) is 90.2 Å². The SMILES string of the molecule is COc1cc(C(=O)N2CCN(CCS(C)(=O)=O)CC2)cc(OC)c1OC. The minimum absolute atomic E-state index is 0.119. The molecule has 1 aromatic rings. The van der Waals surface area contributed by atoms with E-state index in [1.807, 2.05) is 0 Å². The maximum absolute atomic E-state index is 12.8. The van der Waals surface area contributed by atoms with Crippen molar-refractivity contribution in [3.05, 3.63) is 17.7 Å². The molecule has 0 radical (unpaired) electrons. The topological polar surface area (TPSA) is 85.4 Å². The third-order valence-electron chi connectivity index (χ3n) is 4.35. The fraction of sp³-hybridized carbons (Fsp3) is 0.588. The van der Waals surface area contributed by atoms with Gasteiger partial charge in [0.05, 0.1) is 27.1 Å². The Bertz CT molecular complexity index is 717. The van der Waals surface area contributed by atoms with Gasteiger partial charge in [-0.25, -0.2) is 8.42 Å². The Morgan fingerprint density at radius 1 is 1.00 bits per heavy atom. The van der Waals surface area contributed by atoms with Gasteiger partial charge in [0.2, 0.25) is 5.75 Å². The molecule has 0 atom stereocenters. The molecule has 2 rings (SSSR count). The average Bonchev–Trinajstić information content (AvgIpc) is 2.64. The molecule has 0 aromatic heterocycles. The fourth-order valence-corrected chi connectivity index (χ4v) is 3.45. The Kier molecular flexibility index (Phi) is 6.71. The summed E-state index contributed by atoms with van der Waals surface area (Å²) in [6.45, 7) is 2.86. The third kappa shape index (κ3) is 5.01. The quantitative estimate of drug-likeness (QED) is 0.675. The number of carbonyl (C=O) groups excluding carboxylic acids is 1. The first-order chi connectivity index (χ1) is 12.3. The van der Waals surface area contributed by atoms with Crippen LogP contribution < -0.4 is 14.2 Å². The van der Waals surface area contributed by atoms with Crippen LogP contribution in [0.25, 0.3) is 0 Å². The first kappa shape index (κ1) is 20.3. The van der Waals surface area contributed by atoms with E-state index in [1.165, 1.54) is 27.6 Å². The number of hydrogen-bond donors (Lipinski definition) is 0. The molecule has 8 nitrogen and oxygen atoms in total. The molecule has 0 bridgehead atoms. The van der Waals surface area contributed by atoms with Crippen LogP contribution in [0, 0.1) is 0 Å². The van der Waals surface area contributed by atoms with Crippen molar-refractivity contribution in [2.24, 2.45) is 0 Å². The van der Waals surface area contributed by atoms with Crippen LogP contribution in [0.15, 0.2) is 12.1 Å². The van der Waals surface area contributed by atoms with Crippen LogP contribution in [-0.2, 0) is 9.84 Å². The Morgan fingerprint density at radius 3 is 1.96 bits per heavy atom. The van der Waals surface area contributed by atoms with Crippen molar-refractivity contribution in [1.82, 2.24) is 9.80 Å². The van der Waals surface area contributed by atoms with Gasteiger partial charge in [-0.05, 0) is 12.1 Å². The molecule has 0 aliphatic carbocycles. The zero-order valence-corrected chi connectivity index (χ0v) is 16.5. The Balaban J connectivity index is 2.06. The molecule has 1 amide bonds. The van der Waals surface area contributed by atoms with Crippen molar-refractivity contribution in [2.75, 3.05) is 66.1 Å². The molecule has 9 heteroatoms. The molecule has 0 spiro atoms. The standard InChI is InChI=1S/C17H26N2O6S/c1-23-14-11-13(12-15(24-2)16(14)25-3)17(20)19-7-5-18(6-8-19)9-10-26(4,21)22/h11-12H,5-10H2,1-4H3. The van der Waals surface area contributed by atoms with Gasteiger partial charge in [0.15, 0.2) is 11.5 Å². The third-order valence-corrected chi connectivity index (χ3v) is 5.27. The van der Waals surface area contributed by atoms with Crippen LogP contribution in [0.3, 0.4) is 0 Å². The van der Waals surface area contributed by atoms with Gasteiger partial charge in [-0.1, -0.05) is 0 Å². The second-order valence-electron chi connectivity index (χ2n) is 6.18. The smallest absolute Gasteiger partial charge is 0.254 e. The van der Waals surface area contributed by atoms with Crippen LogP contribution in [0.2, 0.25) is 0 Å². The van der Waals surface area contributed by atoms with Gasteiger partial charge in [-0.2, -0.15) is 0 Å². The largest absolute Gasteiger partial charge is 0.493 e. The van der Waals surface area contributed by atoms with E-state index >= 15 is 0 Å². The lowest BCUT2D eigenvalue weighted by molar-refractivity contribution is 0.0643. The number of ether oxygens (including phenoxy) is 3. The number of nitrogens with zero attached hydrogens (tertiary/aromatic N) is 2.